The van der Waals surface area contributed by atoms with Crippen LogP contribution in [0, 0.1) is 0 Å². The fraction of sp³-hybridized carbons (Fsp3) is 0.250. The number of anilines is 1. The molecule has 0 radical (unpaired) electrons. The Labute approximate surface area is 173 Å². The van der Waals surface area contributed by atoms with E-state index in [0.29, 0.717) is 22.2 Å². The average Bonchev–Trinajstić information content (AvgIpc) is 2.72. The Kier molecular flexibility index (Phi) is 7.85. The zero-order valence-corrected chi connectivity index (χ0v) is 16.9. The highest BCUT2D eigenvalue weighted by atomic mass is 35.5. The lowest BCUT2D eigenvalue weighted by molar-refractivity contribution is -0.152. The summed E-state index contributed by atoms with van der Waals surface area (Å²) in [6.45, 7) is 1.01. The molecule has 0 aliphatic heterocycles. The summed E-state index contributed by atoms with van der Waals surface area (Å²) in [5, 5.41) is 5.36. The van der Waals surface area contributed by atoms with Gasteiger partial charge < -0.3 is 24.8 Å². The number of rotatable bonds is 8. The number of para-hydroxylation sites is 1. The summed E-state index contributed by atoms with van der Waals surface area (Å²) in [5.41, 5.74) is 0.684. The fourth-order valence-electron chi connectivity index (χ4n) is 2.32. The quantitative estimate of drug-likeness (QED) is 0.636. The molecule has 1 unspecified atom stereocenters. The Morgan fingerprint density at radius 1 is 1.03 bits per heavy atom. The van der Waals surface area contributed by atoms with Crippen LogP contribution in [-0.4, -0.2) is 44.7 Å². The molecule has 0 aliphatic carbocycles. The third-order valence-electron chi connectivity index (χ3n) is 3.85. The van der Waals surface area contributed by atoms with Gasteiger partial charge in [0.25, 0.3) is 11.8 Å². The van der Waals surface area contributed by atoms with Crippen molar-refractivity contribution in [3.63, 3.8) is 0 Å². The van der Waals surface area contributed by atoms with Crippen molar-refractivity contribution >= 4 is 35.1 Å². The second kappa shape index (κ2) is 10.3. The predicted octanol–water partition coefficient (Wildman–Crippen LogP) is 2.66. The summed E-state index contributed by atoms with van der Waals surface area (Å²) in [6, 6.07) is 11.3. The Balaban J connectivity index is 1.86. The van der Waals surface area contributed by atoms with Crippen LogP contribution in [0.5, 0.6) is 11.5 Å². The molecule has 0 saturated carbocycles. The normalized spacial score (nSPS) is 11.2. The number of nitrogens with one attached hydrogen (secondary N) is 2. The summed E-state index contributed by atoms with van der Waals surface area (Å²) in [7, 11) is 2.93. The maximum absolute atomic E-state index is 12.2. The van der Waals surface area contributed by atoms with Crippen LogP contribution in [-0.2, 0) is 14.3 Å². The number of methoxy groups -OCH3 is 2. The minimum absolute atomic E-state index is 0.278. The summed E-state index contributed by atoms with van der Waals surface area (Å²) >= 11 is 5.98. The van der Waals surface area contributed by atoms with Crippen LogP contribution in [0.15, 0.2) is 42.5 Å². The molecule has 2 amide bonds. The maximum atomic E-state index is 12.2. The van der Waals surface area contributed by atoms with Gasteiger partial charge in [-0.25, -0.2) is 0 Å². The largest absolute Gasteiger partial charge is 0.493 e. The maximum Gasteiger partial charge on any atom is 0.326 e. The predicted molar refractivity (Wildman–Crippen MR) is 108 cm³/mol. The zero-order valence-electron chi connectivity index (χ0n) is 16.2. The average molecular weight is 421 g/mol. The smallest absolute Gasteiger partial charge is 0.326 e. The van der Waals surface area contributed by atoms with Gasteiger partial charge in [-0.15, -0.1) is 0 Å². The van der Waals surface area contributed by atoms with E-state index >= 15 is 0 Å². The first-order chi connectivity index (χ1) is 13.8. The standard InChI is InChI=1S/C20H21ClN2O6/c1-12(19(25)23-15-7-5-4-6-14(15)21)29-18(24)11-22-20(26)13-8-9-16(27-2)17(10-13)28-3/h4-10,12H,11H2,1-3H3,(H,22,26)(H,23,25). The molecule has 0 saturated heterocycles. The van der Waals surface area contributed by atoms with Gasteiger partial charge >= 0.3 is 5.97 Å². The molecule has 2 aromatic rings. The molecule has 9 heteroatoms. The Hall–Kier alpha value is -3.26. The molecule has 2 aromatic carbocycles. The summed E-state index contributed by atoms with van der Waals surface area (Å²) in [4.78, 5) is 36.3. The van der Waals surface area contributed by atoms with Crippen molar-refractivity contribution in [1.29, 1.82) is 0 Å². The zero-order chi connectivity index (χ0) is 21.4. The lowest BCUT2D eigenvalue weighted by Gasteiger charge is -2.14. The van der Waals surface area contributed by atoms with E-state index in [2.05, 4.69) is 10.6 Å². The van der Waals surface area contributed by atoms with Crippen molar-refractivity contribution in [2.24, 2.45) is 0 Å². The SMILES string of the molecule is COc1ccc(C(=O)NCC(=O)OC(C)C(=O)Nc2ccccc2Cl)cc1OC. The van der Waals surface area contributed by atoms with Crippen LogP contribution in [0.1, 0.15) is 17.3 Å². The molecule has 154 valence electrons. The third kappa shape index (κ3) is 6.11. The molecule has 8 nitrogen and oxygen atoms in total. The first-order valence-electron chi connectivity index (χ1n) is 8.60. The van der Waals surface area contributed by atoms with Crippen molar-refractivity contribution in [3.05, 3.63) is 53.1 Å². The highest BCUT2D eigenvalue weighted by molar-refractivity contribution is 6.33. The monoisotopic (exact) mass is 420 g/mol. The van der Waals surface area contributed by atoms with Crippen molar-refractivity contribution in [1.82, 2.24) is 5.32 Å². The fourth-order valence-corrected chi connectivity index (χ4v) is 2.50. The molecule has 0 fully saturated rings. The molecule has 29 heavy (non-hydrogen) atoms. The molecule has 2 N–H and O–H groups in total. The number of carbonyl (C=O) groups excluding carboxylic acids is 3. The van der Waals surface area contributed by atoms with Crippen molar-refractivity contribution < 1.29 is 28.6 Å². The molecule has 0 aliphatic rings. The molecule has 0 heterocycles. The van der Waals surface area contributed by atoms with E-state index in [4.69, 9.17) is 25.8 Å². The van der Waals surface area contributed by atoms with Gasteiger partial charge in [0.2, 0.25) is 0 Å². The topological polar surface area (TPSA) is 103 Å². The Bertz CT molecular complexity index is 902. The van der Waals surface area contributed by atoms with Gasteiger partial charge in [-0.3, -0.25) is 14.4 Å². The van der Waals surface area contributed by atoms with Crippen LogP contribution in [0.4, 0.5) is 5.69 Å². The van der Waals surface area contributed by atoms with Gasteiger partial charge in [0.1, 0.15) is 6.54 Å². The van der Waals surface area contributed by atoms with E-state index in [9.17, 15) is 14.4 Å². The molecular weight excluding hydrogens is 400 g/mol. The van der Waals surface area contributed by atoms with Crippen LogP contribution in [0.3, 0.4) is 0 Å². The van der Waals surface area contributed by atoms with Crippen molar-refractivity contribution in [2.45, 2.75) is 13.0 Å². The van der Waals surface area contributed by atoms with Gasteiger partial charge in [0.15, 0.2) is 17.6 Å². The van der Waals surface area contributed by atoms with Gasteiger partial charge in [-0.1, -0.05) is 23.7 Å². The van der Waals surface area contributed by atoms with Crippen LogP contribution in [0.25, 0.3) is 0 Å². The number of amides is 2. The Morgan fingerprint density at radius 2 is 1.72 bits per heavy atom. The summed E-state index contributed by atoms with van der Waals surface area (Å²) < 4.78 is 15.3. The first kappa shape index (κ1) is 22.0. The second-order valence-electron chi connectivity index (χ2n) is 5.85. The molecule has 0 spiro atoms. The van der Waals surface area contributed by atoms with Gasteiger partial charge in [-0.05, 0) is 37.3 Å². The number of esters is 1. The van der Waals surface area contributed by atoms with E-state index in [1.807, 2.05) is 0 Å². The molecule has 0 aromatic heterocycles. The molecule has 1 atom stereocenters. The van der Waals surface area contributed by atoms with Crippen LogP contribution >= 0.6 is 11.6 Å². The third-order valence-corrected chi connectivity index (χ3v) is 4.18. The van der Waals surface area contributed by atoms with E-state index in [-0.39, 0.29) is 5.56 Å². The first-order valence-corrected chi connectivity index (χ1v) is 8.98. The number of halogens is 1. The van der Waals surface area contributed by atoms with Crippen LogP contribution < -0.4 is 20.1 Å². The lowest BCUT2D eigenvalue weighted by Crippen LogP contribution is -2.35. The van der Waals surface area contributed by atoms with Gasteiger partial charge in [0.05, 0.1) is 24.9 Å². The highest BCUT2D eigenvalue weighted by Crippen LogP contribution is 2.27. The molecular formula is C20H21ClN2O6. The molecule has 0 bridgehead atoms. The van der Waals surface area contributed by atoms with E-state index < -0.39 is 30.4 Å². The minimum Gasteiger partial charge on any atom is -0.493 e. The van der Waals surface area contributed by atoms with Gasteiger partial charge in [0, 0.05) is 5.56 Å². The summed E-state index contributed by atoms with van der Waals surface area (Å²) in [6.07, 6.45) is -1.07. The Morgan fingerprint density at radius 3 is 2.38 bits per heavy atom. The van der Waals surface area contributed by atoms with E-state index in [1.54, 1.807) is 30.3 Å². The van der Waals surface area contributed by atoms with Crippen LogP contribution in [0.2, 0.25) is 5.02 Å². The number of benzene rings is 2. The van der Waals surface area contributed by atoms with E-state index in [0.717, 1.165) is 0 Å². The minimum atomic E-state index is -1.07. The number of hydrogen-bond acceptors (Lipinski definition) is 6. The van der Waals surface area contributed by atoms with Gasteiger partial charge in [-0.2, -0.15) is 0 Å². The number of ether oxygens (including phenoxy) is 3. The lowest BCUT2D eigenvalue weighted by atomic mass is 10.2. The summed E-state index contributed by atoms with van der Waals surface area (Å²) in [5.74, 6) is -0.955. The molecule has 2 rings (SSSR count). The number of hydrogen-bond donors (Lipinski definition) is 2. The highest BCUT2D eigenvalue weighted by Gasteiger charge is 2.19. The van der Waals surface area contributed by atoms with E-state index in [1.165, 1.54) is 33.3 Å². The van der Waals surface area contributed by atoms with Crippen molar-refractivity contribution in [2.75, 3.05) is 26.1 Å². The number of carbonyl (C=O) groups is 3. The second-order valence-corrected chi connectivity index (χ2v) is 6.26. The van der Waals surface area contributed by atoms with Crippen molar-refractivity contribution in [3.8, 4) is 11.5 Å².